The van der Waals surface area contributed by atoms with Gasteiger partial charge in [0.05, 0.1) is 11.5 Å². The van der Waals surface area contributed by atoms with Crippen molar-refractivity contribution in [3.05, 3.63) is 0 Å². The molecule has 3 nitrogen and oxygen atoms in total. The van der Waals surface area contributed by atoms with E-state index in [-0.39, 0.29) is 12.3 Å². The van der Waals surface area contributed by atoms with Crippen LogP contribution in [0.25, 0.3) is 0 Å². The van der Waals surface area contributed by atoms with Gasteiger partial charge in [0.25, 0.3) is 0 Å². The summed E-state index contributed by atoms with van der Waals surface area (Å²) in [5.74, 6) is -0.997. The minimum Gasteiger partial charge on any atom is -0.293 e. The molecule has 7 heteroatoms. The first-order chi connectivity index (χ1) is 5.72. The molecule has 0 N–H and O–H groups in total. The van der Waals surface area contributed by atoms with Gasteiger partial charge < -0.3 is 0 Å². The minimum atomic E-state index is -4.46. The number of nitrogens with zero attached hydrogens (tertiary/aromatic N) is 1. The topological polar surface area (TPSA) is 37.4 Å². The maximum Gasteiger partial charge on any atom is 0.405 e. The Hall–Kier alpha value is -0.300. The maximum absolute atomic E-state index is 12.2. The Morgan fingerprint density at radius 2 is 1.92 bits per heavy atom. The second-order valence-electron chi connectivity index (χ2n) is 3.15. The van der Waals surface area contributed by atoms with Gasteiger partial charge in [-0.05, 0) is 7.05 Å². The van der Waals surface area contributed by atoms with Crippen LogP contribution in [0.5, 0.6) is 0 Å². The van der Waals surface area contributed by atoms with Crippen LogP contribution in [0, 0.1) is 0 Å². The van der Waals surface area contributed by atoms with Crippen LogP contribution in [-0.4, -0.2) is 50.6 Å². The molecule has 1 rings (SSSR count). The zero-order valence-electron chi connectivity index (χ0n) is 7.00. The van der Waals surface area contributed by atoms with Gasteiger partial charge in [-0.15, -0.1) is 0 Å². The van der Waals surface area contributed by atoms with E-state index in [0.717, 1.165) is 4.90 Å². The Bertz CT molecular complexity index is 285. The van der Waals surface area contributed by atoms with E-state index in [0.29, 0.717) is 0 Å². The number of hydrogen-bond donors (Lipinski definition) is 0. The number of rotatable bonds is 0. The van der Waals surface area contributed by atoms with Gasteiger partial charge in [-0.2, -0.15) is 13.2 Å². The van der Waals surface area contributed by atoms with Gasteiger partial charge in [0.1, 0.15) is 6.04 Å². The summed E-state index contributed by atoms with van der Waals surface area (Å²) in [6.07, 6.45) is -4.46. The molecule has 0 aromatic heterocycles. The molecular weight excluding hydrogens is 207 g/mol. The summed E-state index contributed by atoms with van der Waals surface area (Å²) in [5.41, 5.74) is 0. The molecule has 0 aromatic carbocycles. The Morgan fingerprint density at radius 1 is 1.38 bits per heavy atom. The van der Waals surface area contributed by atoms with E-state index in [1.54, 1.807) is 0 Å². The fourth-order valence-corrected chi connectivity index (χ4v) is 2.89. The van der Waals surface area contributed by atoms with E-state index in [4.69, 9.17) is 0 Å². The first-order valence-electron chi connectivity index (χ1n) is 3.70. The van der Waals surface area contributed by atoms with E-state index < -0.39 is 27.8 Å². The van der Waals surface area contributed by atoms with Gasteiger partial charge in [-0.25, -0.2) is 8.42 Å². The summed E-state index contributed by atoms with van der Waals surface area (Å²) in [4.78, 5) is 1.03. The van der Waals surface area contributed by atoms with Crippen molar-refractivity contribution in [3.8, 4) is 0 Å². The van der Waals surface area contributed by atoms with E-state index in [2.05, 4.69) is 0 Å². The molecule has 0 radical (unpaired) electrons. The normalized spacial score (nSPS) is 30.3. The van der Waals surface area contributed by atoms with Crippen molar-refractivity contribution in [1.82, 2.24) is 4.90 Å². The average molecular weight is 217 g/mol. The van der Waals surface area contributed by atoms with Crippen molar-refractivity contribution in [2.75, 3.05) is 25.1 Å². The number of sulfone groups is 1. The Morgan fingerprint density at radius 3 is 2.31 bits per heavy atom. The second kappa shape index (κ2) is 3.13. The predicted molar refractivity (Wildman–Crippen MR) is 41.1 cm³/mol. The summed E-state index contributed by atoms with van der Waals surface area (Å²) in [6.45, 7) is -0.0491. The Kier molecular flexibility index (Phi) is 2.59. The van der Waals surface area contributed by atoms with Gasteiger partial charge in [-0.1, -0.05) is 0 Å². The van der Waals surface area contributed by atoms with Crippen LogP contribution in [0.1, 0.15) is 0 Å². The first kappa shape index (κ1) is 10.8. The molecule has 0 aliphatic carbocycles. The minimum absolute atomic E-state index is 0.0491. The summed E-state index contributed by atoms with van der Waals surface area (Å²) in [5, 5.41) is 0. The van der Waals surface area contributed by atoms with E-state index in [1.165, 1.54) is 7.05 Å². The van der Waals surface area contributed by atoms with Crippen LogP contribution < -0.4 is 0 Å². The number of alkyl halides is 3. The van der Waals surface area contributed by atoms with Gasteiger partial charge in [0, 0.05) is 6.54 Å². The zero-order valence-corrected chi connectivity index (χ0v) is 7.82. The summed E-state index contributed by atoms with van der Waals surface area (Å²) < 4.78 is 58.5. The Balaban J connectivity index is 2.84. The molecule has 1 atom stereocenters. The number of hydrogen-bond acceptors (Lipinski definition) is 3. The lowest BCUT2D eigenvalue weighted by atomic mass is 10.3. The second-order valence-corrected chi connectivity index (χ2v) is 5.38. The monoisotopic (exact) mass is 217 g/mol. The molecule has 1 unspecified atom stereocenters. The predicted octanol–water partition coefficient (Wildman–Crippen LogP) is 0.278. The van der Waals surface area contributed by atoms with E-state index in [9.17, 15) is 21.6 Å². The molecule has 1 heterocycles. The van der Waals surface area contributed by atoms with Gasteiger partial charge >= 0.3 is 6.18 Å². The van der Waals surface area contributed by atoms with Gasteiger partial charge in [-0.3, -0.25) is 4.90 Å². The summed E-state index contributed by atoms with van der Waals surface area (Å²) in [6, 6.07) is -1.84. The smallest absolute Gasteiger partial charge is 0.293 e. The molecule has 13 heavy (non-hydrogen) atoms. The van der Waals surface area contributed by atoms with E-state index in [1.807, 2.05) is 0 Å². The van der Waals surface area contributed by atoms with Crippen molar-refractivity contribution in [3.63, 3.8) is 0 Å². The molecular formula is C6H10F3NO2S. The molecule has 1 aliphatic rings. The van der Waals surface area contributed by atoms with Crippen molar-refractivity contribution >= 4 is 9.84 Å². The molecule has 0 aromatic rings. The van der Waals surface area contributed by atoms with Crippen LogP contribution in [0.4, 0.5) is 13.2 Å². The van der Waals surface area contributed by atoms with Crippen molar-refractivity contribution in [2.45, 2.75) is 12.2 Å². The highest BCUT2D eigenvalue weighted by Crippen LogP contribution is 2.27. The molecule has 0 spiro atoms. The average Bonchev–Trinajstić information content (AvgIpc) is 1.92. The molecule has 78 valence electrons. The highest BCUT2D eigenvalue weighted by molar-refractivity contribution is 7.91. The van der Waals surface area contributed by atoms with Crippen LogP contribution in [0.15, 0.2) is 0 Å². The summed E-state index contributed by atoms with van der Waals surface area (Å²) in [7, 11) is -2.23. The first-order valence-corrected chi connectivity index (χ1v) is 5.52. The fourth-order valence-electron chi connectivity index (χ4n) is 1.23. The van der Waals surface area contributed by atoms with Crippen LogP contribution in [0.3, 0.4) is 0 Å². The van der Waals surface area contributed by atoms with Crippen LogP contribution >= 0.6 is 0 Å². The number of halogens is 3. The molecule has 1 aliphatic heterocycles. The Labute approximate surface area is 74.4 Å². The lowest BCUT2D eigenvalue weighted by Crippen LogP contribution is -2.53. The third kappa shape index (κ3) is 2.57. The third-order valence-corrected chi connectivity index (χ3v) is 3.70. The molecule has 1 saturated heterocycles. The highest BCUT2D eigenvalue weighted by Gasteiger charge is 2.47. The molecule has 0 bridgehead atoms. The third-order valence-electron chi connectivity index (χ3n) is 2.08. The lowest BCUT2D eigenvalue weighted by molar-refractivity contribution is -0.174. The highest BCUT2D eigenvalue weighted by atomic mass is 32.2. The maximum atomic E-state index is 12.2. The quantitative estimate of drug-likeness (QED) is 0.584. The lowest BCUT2D eigenvalue weighted by Gasteiger charge is -2.33. The molecule has 0 saturated carbocycles. The van der Waals surface area contributed by atoms with Crippen molar-refractivity contribution < 1.29 is 21.6 Å². The standard InChI is InChI=1S/C6H10F3NO2S/c1-10-2-3-13(11,12)4-5(10)6(7,8)9/h5H,2-4H2,1H3. The van der Waals surface area contributed by atoms with Gasteiger partial charge in [0.2, 0.25) is 0 Å². The van der Waals surface area contributed by atoms with Crippen molar-refractivity contribution in [2.24, 2.45) is 0 Å². The zero-order chi connectivity index (χ0) is 10.3. The fraction of sp³-hybridized carbons (Fsp3) is 1.00. The van der Waals surface area contributed by atoms with Crippen LogP contribution in [-0.2, 0) is 9.84 Å². The summed E-state index contributed by atoms with van der Waals surface area (Å²) >= 11 is 0. The van der Waals surface area contributed by atoms with E-state index >= 15 is 0 Å². The van der Waals surface area contributed by atoms with Gasteiger partial charge in [0.15, 0.2) is 9.84 Å². The molecule has 1 fully saturated rings. The largest absolute Gasteiger partial charge is 0.405 e. The SMILES string of the molecule is CN1CCS(=O)(=O)CC1C(F)(F)F. The van der Waals surface area contributed by atoms with Crippen LogP contribution in [0.2, 0.25) is 0 Å². The van der Waals surface area contributed by atoms with Crippen molar-refractivity contribution in [1.29, 1.82) is 0 Å². The molecule has 0 amide bonds.